The molecule has 142 valence electrons. The Labute approximate surface area is 170 Å². The van der Waals surface area contributed by atoms with E-state index in [2.05, 4.69) is 21.9 Å². The average Bonchev–Trinajstić information content (AvgIpc) is 3.15. The van der Waals surface area contributed by atoms with Crippen molar-refractivity contribution in [2.45, 2.75) is 0 Å². The van der Waals surface area contributed by atoms with Gasteiger partial charge in [0.2, 0.25) is 5.90 Å². The minimum Gasteiger partial charge on any atom is -0.447 e. The molecule has 28 heavy (non-hydrogen) atoms. The third-order valence-corrected chi connectivity index (χ3v) is 5.10. The highest BCUT2D eigenvalue weighted by atomic mass is 35.5. The van der Waals surface area contributed by atoms with Gasteiger partial charge in [0.15, 0.2) is 5.82 Å². The molecule has 8 heteroatoms. The summed E-state index contributed by atoms with van der Waals surface area (Å²) in [5.74, 6) is -0.819. The molecule has 0 aliphatic heterocycles. The zero-order chi connectivity index (χ0) is 20.1. The van der Waals surface area contributed by atoms with Gasteiger partial charge in [-0.25, -0.2) is 4.39 Å². The number of nitrogens with one attached hydrogen (secondary N) is 1. The summed E-state index contributed by atoms with van der Waals surface area (Å²) < 4.78 is 19.0. The number of carbonyl (C=O) groups is 1. The first-order chi connectivity index (χ1) is 13.5. The fourth-order valence-electron chi connectivity index (χ4n) is 2.46. The quantitative estimate of drug-likeness (QED) is 0.345. The van der Waals surface area contributed by atoms with E-state index in [9.17, 15) is 9.18 Å². The topological polar surface area (TPSA) is 63.6 Å². The Morgan fingerprint density at radius 2 is 2.18 bits per heavy atom. The van der Waals surface area contributed by atoms with E-state index in [4.69, 9.17) is 16.3 Å². The van der Waals surface area contributed by atoms with E-state index in [1.807, 2.05) is 12.1 Å². The number of hydrogen-bond donors (Lipinski definition) is 1. The van der Waals surface area contributed by atoms with Crippen LogP contribution in [0.5, 0.6) is 0 Å². The minimum absolute atomic E-state index is 0.0737. The van der Waals surface area contributed by atoms with Crippen molar-refractivity contribution in [1.29, 1.82) is 0 Å². The number of benzene rings is 1. The van der Waals surface area contributed by atoms with Crippen molar-refractivity contribution >= 4 is 39.7 Å². The molecule has 2 aromatic heterocycles. The first kappa shape index (κ1) is 19.7. The van der Waals surface area contributed by atoms with Crippen LogP contribution in [0.4, 0.5) is 9.39 Å². The van der Waals surface area contributed by atoms with Gasteiger partial charge in [-0.05, 0) is 36.4 Å². The molecule has 0 unspecified atom stereocenters. The molecule has 5 nitrogen and oxygen atoms in total. The minimum atomic E-state index is -0.680. The normalized spacial score (nSPS) is 11.2. The molecule has 1 amide bonds. The molecule has 0 spiro atoms. The first-order valence-corrected chi connectivity index (χ1v) is 9.28. The highest BCUT2D eigenvalue weighted by Crippen LogP contribution is 2.36. The largest absolute Gasteiger partial charge is 0.447 e. The lowest BCUT2D eigenvalue weighted by molar-refractivity contribution is 0.102. The van der Waals surface area contributed by atoms with Gasteiger partial charge < -0.3 is 10.1 Å². The van der Waals surface area contributed by atoms with E-state index < -0.39 is 11.7 Å². The number of halogens is 2. The molecule has 1 N–H and O–H groups in total. The van der Waals surface area contributed by atoms with Crippen LogP contribution in [-0.4, -0.2) is 23.8 Å². The van der Waals surface area contributed by atoms with Crippen LogP contribution in [0.25, 0.3) is 10.4 Å². The predicted molar refractivity (Wildman–Crippen MR) is 111 cm³/mol. The molecular weight excluding hydrogens is 401 g/mol. The number of nitrogens with zero attached hydrogens (tertiary/aromatic N) is 2. The van der Waals surface area contributed by atoms with Crippen LogP contribution in [0.3, 0.4) is 0 Å². The molecule has 0 aliphatic rings. The standard InChI is InChI=1S/C20H15ClFN3O2S/c1-3-27-20(23-2)12-4-5-15(21)14(10-12)17-6-7-18(28-17)25-19(26)13-8-9-24-11-16(13)22/h3-11H,1H2,2H3,(H,25,26)/b23-20-. The molecule has 2 heterocycles. The molecule has 0 fully saturated rings. The summed E-state index contributed by atoms with van der Waals surface area (Å²) >= 11 is 7.66. The third kappa shape index (κ3) is 4.27. The smallest absolute Gasteiger partial charge is 0.259 e. The fraction of sp³-hybridized carbons (Fsp3) is 0.0500. The van der Waals surface area contributed by atoms with Crippen LogP contribution in [0.15, 0.2) is 66.6 Å². The van der Waals surface area contributed by atoms with Crippen LogP contribution in [0, 0.1) is 5.82 Å². The van der Waals surface area contributed by atoms with Crippen LogP contribution in [0.2, 0.25) is 5.02 Å². The third-order valence-electron chi connectivity index (χ3n) is 3.74. The van der Waals surface area contributed by atoms with E-state index in [0.29, 0.717) is 15.9 Å². The summed E-state index contributed by atoms with van der Waals surface area (Å²) in [5, 5.41) is 3.78. The number of pyridine rings is 1. The molecule has 3 aromatic rings. The Balaban J connectivity index is 1.87. The second kappa shape index (κ2) is 8.77. The molecule has 0 saturated carbocycles. The monoisotopic (exact) mass is 415 g/mol. The van der Waals surface area contributed by atoms with Crippen molar-refractivity contribution in [2.75, 3.05) is 12.4 Å². The van der Waals surface area contributed by atoms with Crippen LogP contribution in [-0.2, 0) is 4.74 Å². The summed E-state index contributed by atoms with van der Waals surface area (Å²) in [5.41, 5.74) is 1.42. The van der Waals surface area contributed by atoms with Gasteiger partial charge in [-0.2, -0.15) is 0 Å². The summed E-state index contributed by atoms with van der Waals surface area (Å²) in [6, 6.07) is 10.3. The van der Waals surface area contributed by atoms with Crippen LogP contribution in [0.1, 0.15) is 15.9 Å². The zero-order valence-corrected chi connectivity index (χ0v) is 16.4. The molecule has 3 rings (SSSR count). The lowest BCUT2D eigenvalue weighted by Crippen LogP contribution is -2.12. The number of ether oxygens (including phenoxy) is 1. The van der Waals surface area contributed by atoms with Gasteiger partial charge in [0.1, 0.15) is 0 Å². The molecule has 1 aromatic carbocycles. The van der Waals surface area contributed by atoms with Crippen molar-refractivity contribution in [2.24, 2.45) is 4.99 Å². The number of hydrogen-bond acceptors (Lipinski definition) is 5. The number of carbonyl (C=O) groups excluding carboxylic acids is 1. The van der Waals surface area contributed by atoms with Gasteiger partial charge >= 0.3 is 0 Å². The lowest BCUT2D eigenvalue weighted by atomic mass is 10.1. The summed E-state index contributed by atoms with van der Waals surface area (Å²) in [6.07, 6.45) is 3.66. The average molecular weight is 416 g/mol. The Hall–Kier alpha value is -3.03. The van der Waals surface area contributed by atoms with Gasteiger partial charge in [-0.3, -0.25) is 14.8 Å². The maximum Gasteiger partial charge on any atom is 0.259 e. The van der Waals surface area contributed by atoms with Gasteiger partial charge in [0.25, 0.3) is 5.91 Å². The number of amides is 1. The van der Waals surface area contributed by atoms with E-state index >= 15 is 0 Å². The Morgan fingerprint density at radius 3 is 2.89 bits per heavy atom. The maximum absolute atomic E-state index is 13.7. The SMILES string of the molecule is C=CO/C(=N\C)c1ccc(Cl)c(-c2ccc(NC(=O)c3ccncc3F)s2)c1. The molecule has 0 aliphatic carbocycles. The highest BCUT2D eigenvalue weighted by Gasteiger charge is 2.15. The van der Waals surface area contributed by atoms with Crippen molar-refractivity contribution in [3.8, 4) is 10.4 Å². The van der Waals surface area contributed by atoms with Crippen molar-refractivity contribution in [1.82, 2.24) is 4.98 Å². The molecular formula is C20H15ClFN3O2S. The number of aliphatic imine (C=N–C) groups is 1. The number of anilines is 1. The number of aromatic nitrogens is 1. The van der Waals surface area contributed by atoms with Gasteiger partial charge in [0.05, 0.1) is 23.0 Å². The summed E-state index contributed by atoms with van der Waals surface area (Å²) in [6.45, 7) is 3.54. The van der Waals surface area contributed by atoms with Crippen LogP contribution < -0.4 is 5.32 Å². The Kier molecular flexibility index (Phi) is 6.18. The van der Waals surface area contributed by atoms with Crippen molar-refractivity contribution in [3.05, 3.63) is 83.6 Å². The second-order valence-corrected chi connectivity index (χ2v) is 6.97. The zero-order valence-electron chi connectivity index (χ0n) is 14.8. The van der Waals surface area contributed by atoms with E-state index in [0.717, 1.165) is 22.2 Å². The van der Waals surface area contributed by atoms with Gasteiger partial charge in [-0.15, -0.1) is 11.3 Å². The lowest BCUT2D eigenvalue weighted by Gasteiger charge is -2.08. The number of rotatable bonds is 5. The first-order valence-electron chi connectivity index (χ1n) is 8.09. The Bertz CT molecular complexity index is 1070. The van der Waals surface area contributed by atoms with E-state index in [-0.39, 0.29) is 5.56 Å². The van der Waals surface area contributed by atoms with Crippen molar-refractivity contribution in [3.63, 3.8) is 0 Å². The van der Waals surface area contributed by atoms with Crippen LogP contribution >= 0.6 is 22.9 Å². The van der Waals surface area contributed by atoms with Crippen molar-refractivity contribution < 1.29 is 13.9 Å². The fourth-order valence-corrected chi connectivity index (χ4v) is 3.67. The van der Waals surface area contributed by atoms with Gasteiger partial charge in [0, 0.05) is 34.3 Å². The van der Waals surface area contributed by atoms with Gasteiger partial charge in [-0.1, -0.05) is 18.2 Å². The predicted octanol–water partition coefficient (Wildman–Crippen LogP) is 5.39. The molecule has 0 bridgehead atoms. The number of thiophene rings is 1. The van der Waals surface area contributed by atoms with E-state index in [1.54, 1.807) is 25.2 Å². The Morgan fingerprint density at radius 1 is 1.36 bits per heavy atom. The second-order valence-electron chi connectivity index (χ2n) is 5.48. The summed E-state index contributed by atoms with van der Waals surface area (Å²) in [7, 11) is 1.62. The molecule has 0 radical (unpaired) electrons. The molecule has 0 saturated heterocycles. The molecule has 0 atom stereocenters. The highest BCUT2D eigenvalue weighted by molar-refractivity contribution is 7.19. The summed E-state index contributed by atoms with van der Waals surface area (Å²) in [4.78, 5) is 20.8. The maximum atomic E-state index is 13.7. The van der Waals surface area contributed by atoms with E-state index in [1.165, 1.54) is 29.9 Å².